The average Bonchev–Trinajstić information content (AvgIpc) is 3.55. The Bertz CT molecular complexity index is 1370. The zero-order valence-corrected chi connectivity index (χ0v) is 18.8. The van der Waals surface area contributed by atoms with E-state index in [-0.39, 0.29) is 10.9 Å². The minimum Gasteiger partial charge on any atom is -0.297 e. The summed E-state index contributed by atoms with van der Waals surface area (Å²) in [4.78, 5) is 6.91. The fraction of sp³-hybridized carbons (Fsp3) is 0.318. The molecule has 1 aromatic carbocycles. The predicted molar refractivity (Wildman–Crippen MR) is 122 cm³/mol. The Morgan fingerprint density at radius 2 is 1.91 bits per heavy atom. The van der Waals surface area contributed by atoms with Gasteiger partial charge in [0.15, 0.2) is 5.82 Å². The van der Waals surface area contributed by atoms with E-state index in [4.69, 9.17) is 0 Å². The molecule has 0 radical (unpaired) electrons. The smallest absolute Gasteiger partial charge is 0.265 e. The van der Waals surface area contributed by atoms with Gasteiger partial charge in [0.2, 0.25) is 0 Å². The number of anilines is 1. The van der Waals surface area contributed by atoms with Crippen LogP contribution in [0.25, 0.3) is 16.7 Å². The third-order valence-corrected chi connectivity index (χ3v) is 7.37. The van der Waals surface area contributed by atoms with Crippen molar-refractivity contribution in [2.75, 3.05) is 17.8 Å². The zero-order valence-electron chi connectivity index (χ0n) is 18.0. The van der Waals surface area contributed by atoms with Crippen LogP contribution in [0, 0.1) is 0 Å². The first-order valence-electron chi connectivity index (χ1n) is 10.6. The van der Waals surface area contributed by atoms with Gasteiger partial charge < -0.3 is 0 Å². The lowest BCUT2D eigenvalue weighted by Crippen LogP contribution is -2.23. The zero-order chi connectivity index (χ0) is 22.3. The Balaban J connectivity index is 1.42. The summed E-state index contributed by atoms with van der Waals surface area (Å²) in [5.74, 6) is 0.587. The molecular formula is C22H25N7O2S. The molecule has 0 saturated carbocycles. The summed E-state index contributed by atoms with van der Waals surface area (Å²) >= 11 is 0. The number of aryl methyl sites for hydroxylation is 1. The third-order valence-electron chi connectivity index (χ3n) is 6.05. The van der Waals surface area contributed by atoms with E-state index in [2.05, 4.69) is 31.7 Å². The largest absolute Gasteiger partial charge is 0.297 e. The number of nitrogens with zero attached hydrogens (tertiary/aromatic N) is 6. The molecule has 1 atom stereocenters. The maximum Gasteiger partial charge on any atom is 0.265 e. The second-order valence-electron chi connectivity index (χ2n) is 8.10. The quantitative estimate of drug-likeness (QED) is 0.484. The monoisotopic (exact) mass is 451 g/mol. The van der Waals surface area contributed by atoms with Crippen LogP contribution in [0.5, 0.6) is 0 Å². The summed E-state index contributed by atoms with van der Waals surface area (Å²) in [6.45, 7) is 4.38. The van der Waals surface area contributed by atoms with E-state index < -0.39 is 10.0 Å². The Kier molecular flexibility index (Phi) is 5.18. The van der Waals surface area contributed by atoms with Gasteiger partial charge in [0.1, 0.15) is 4.90 Å². The molecule has 1 N–H and O–H groups in total. The molecule has 0 aliphatic carbocycles. The number of hydrogen-bond acceptors (Lipinski definition) is 6. The van der Waals surface area contributed by atoms with Crippen LogP contribution in [0.1, 0.15) is 31.4 Å². The SMILES string of the molecule is C[C@@H](c1ccnc(-n2cc(S(=O)(=O)Nc3cccc4cnn(C)c34)cn2)c1)N1CCCC1. The van der Waals surface area contributed by atoms with E-state index in [1.807, 2.05) is 18.2 Å². The minimum absolute atomic E-state index is 0.0662. The highest BCUT2D eigenvalue weighted by molar-refractivity contribution is 7.92. The van der Waals surface area contributed by atoms with Crippen LogP contribution in [0.4, 0.5) is 5.69 Å². The van der Waals surface area contributed by atoms with Crippen molar-refractivity contribution in [1.29, 1.82) is 0 Å². The molecule has 0 unspecified atom stereocenters. The van der Waals surface area contributed by atoms with Gasteiger partial charge in [-0.2, -0.15) is 10.2 Å². The van der Waals surface area contributed by atoms with Gasteiger partial charge >= 0.3 is 0 Å². The Morgan fingerprint density at radius 1 is 1.09 bits per heavy atom. The molecule has 0 amide bonds. The number of para-hydroxylation sites is 1. The molecule has 0 spiro atoms. The number of nitrogens with one attached hydrogen (secondary N) is 1. The lowest BCUT2D eigenvalue weighted by molar-refractivity contribution is 0.263. The lowest BCUT2D eigenvalue weighted by Gasteiger charge is -2.24. The van der Waals surface area contributed by atoms with Crippen molar-refractivity contribution in [2.45, 2.75) is 30.7 Å². The summed E-state index contributed by atoms with van der Waals surface area (Å²) in [6, 6.07) is 9.65. The fourth-order valence-corrected chi connectivity index (χ4v) is 5.25. The predicted octanol–water partition coefficient (Wildman–Crippen LogP) is 3.11. The van der Waals surface area contributed by atoms with Crippen LogP contribution >= 0.6 is 0 Å². The highest BCUT2D eigenvalue weighted by Gasteiger charge is 2.22. The first kappa shape index (κ1) is 20.7. The molecule has 32 heavy (non-hydrogen) atoms. The standard InChI is InChI=1S/C22H25N7O2S/c1-16(28-10-3-4-11-28)17-8-9-23-21(12-17)29-15-19(14-25-29)32(30,31)26-20-7-5-6-18-13-24-27(2)22(18)20/h5-9,12-16,26H,3-4,10-11H2,1-2H3/t16-/m0/s1. The highest BCUT2D eigenvalue weighted by Crippen LogP contribution is 2.27. The number of pyridine rings is 1. The summed E-state index contributed by atoms with van der Waals surface area (Å²) in [7, 11) is -2.06. The van der Waals surface area contributed by atoms with Crippen LogP contribution in [0.3, 0.4) is 0 Å². The number of rotatable bonds is 6. The molecule has 0 bridgehead atoms. The molecule has 3 aromatic heterocycles. The van der Waals surface area contributed by atoms with Gasteiger partial charge in [-0.15, -0.1) is 0 Å². The van der Waals surface area contributed by atoms with Gasteiger partial charge in [-0.05, 0) is 56.6 Å². The first-order valence-corrected chi connectivity index (χ1v) is 12.1. The molecule has 1 fully saturated rings. The maximum atomic E-state index is 13.1. The van der Waals surface area contributed by atoms with Crippen LogP contribution in [-0.4, -0.2) is 51.0 Å². The van der Waals surface area contributed by atoms with E-state index in [1.165, 1.54) is 29.9 Å². The number of aromatic nitrogens is 5. The van der Waals surface area contributed by atoms with Crippen molar-refractivity contribution in [2.24, 2.45) is 7.05 Å². The molecule has 4 aromatic rings. The van der Waals surface area contributed by atoms with E-state index >= 15 is 0 Å². The third kappa shape index (κ3) is 3.76. The second kappa shape index (κ2) is 8.03. The number of hydrogen-bond donors (Lipinski definition) is 1. The van der Waals surface area contributed by atoms with Gasteiger partial charge in [0.25, 0.3) is 10.0 Å². The van der Waals surface area contributed by atoms with Crippen molar-refractivity contribution in [3.8, 4) is 5.82 Å². The van der Waals surface area contributed by atoms with Crippen molar-refractivity contribution in [3.05, 3.63) is 60.7 Å². The normalized spacial score (nSPS) is 15.9. The summed E-state index contributed by atoms with van der Waals surface area (Å²) in [5.41, 5.74) is 2.32. The van der Waals surface area contributed by atoms with Crippen LogP contribution in [0.15, 0.2) is 60.0 Å². The number of likely N-dealkylation sites (tertiary alicyclic amines) is 1. The molecule has 4 heterocycles. The molecule has 1 aliphatic heterocycles. The Morgan fingerprint density at radius 3 is 2.72 bits per heavy atom. The topological polar surface area (TPSA) is 97.9 Å². The van der Waals surface area contributed by atoms with Gasteiger partial charge in [0, 0.05) is 24.7 Å². The molecular weight excluding hydrogens is 426 g/mol. The van der Waals surface area contributed by atoms with Gasteiger partial charge in [-0.1, -0.05) is 12.1 Å². The van der Waals surface area contributed by atoms with E-state index in [0.717, 1.165) is 24.0 Å². The molecule has 1 aliphatic rings. The number of sulfonamides is 1. The van der Waals surface area contributed by atoms with E-state index in [0.29, 0.717) is 17.0 Å². The first-order chi connectivity index (χ1) is 15.4. The fourth-order valence-electron chi connectivity index (χ4n) is 4.25. The van der Waals surface area contributed by atoms with E-state index in [9.17, 15) is 8.42 Å². The Labute approximate surface area is 186 Å². The van der Waals surface area contributed by atoms with Crippen molar-refractivity contribution in [3.63, 3.8) is 0 Å². The molecule has 9 nitrogen and oxygen atoms in total. The lowest BCUT2D eigenvalue weighted by atomic mass is 10.1. The number of benzene rings is 1. The maximum absolute atomic E-state index is 13.1. The molecule has 5 rings (SSSR count). The number of fused-ring (bicyclic) bond motifs is 1. The second-order valence-corrected chi connectivity index (χ2v) is 9.79. The van der Waals surface area contributed by atoms with Crippen molar-refractivity contribution < 1.29 is 8.42 Å². The van der Waals surface area contributed by atoms with Crippen LogP contribution in [-0.2, 0) is 17.1 Å². The summed E-state index contributed by atoms with van der Waals surface area (Å²) < 4.78 is 31.9. The Hall–Kier alpha value is -3.24. The van der Waals surface area contributed by atoms with Crippen LogP contribution in [0.2, 0.25) is 0 Å². The molecule has 1 saturated heterocycles. The van der Waals surface area contributed by atoms with Crippen LogP contribution < -0.4 is 4.72 Å². The van der Waals surface area contributed by atoms with Gasteiger partial charge in [-0.25, -0.2) is 18.1 Å². The van der Waals surface area contributed by atoms with Crippen molar-refractivity contribution in [1.82, 2.24) is 29.4 Å². The van der Waals surface area contributed by atoms with E-state index in [1.54, 1.807) is 36.3 Å². The molecule has 10 heteroatoms. The van der Waals surface area contributed by atoms with Gasteiger partial charge in [0.05, 0.1) is 29.8 Å². The molecule has 166 valence electrons. The average molecular weight is 452 g/mol. The summed E-state index contributed by atoms with van der Waals surface area (Å²) in [6.07, 6.45) is 8.72. The summed E-state index contributed by atoms with van der Waals surface area (Å²) in [5, 5.41) is 9.33. The van der Waals surface area contributed by atoms with Gasteiger partial charge in [-0.3, -0.25) is 14.3 Å². The van der Waals surface area contributed by atoms with Crippen molar-refractivity contribution >= 4 is 26.6 Å². The highest BCUT2D eigenvalue weighted by atomic mass is 32.2. The minimum atomic E-state index is -3.84.